The van der Waals surface area contributed by atoms with E-state index in [0.29, 0.717) is 0 Å². The van der Waals surface area contributed by atoms with E-state index in [4.69, 9.17) is 0 Å². The zero-order valence-corrected chi connectivity index (χ0v) is 43.9. The summed E-state index contributed by atoms with van der Waals surface area (Å²) in [4.78, 5) is 0. The molecule has 2 aromatic heterocycles. The van der Waals surface area contributed by atoms with Crippen molar-refractivity contribution in [1.82, 2.24) is 9.13 Å². The first kappa shape index (κ1) is 46.7. The van der Waals surface area contributed by atoms with Gasteiger partial charge in [0.1, 0.15) is 0 Å². The molecule has 0 saturated carbocycles. The molecule has 0 aliphatic carbocycles. The fraction of sp³-hybridized carbons (Fsp3) is 0. The molecular weight excluding hydrogens is 965 g/mol. The number of hydrogen-bond donors (Lipinski definition) is 0. The Labute approximate surface area is 466 Å². The Morgan fingerprint density at radius 3 is 0.675 bits per heavy atom. The van der Waals surface area contributed by atoms with Gasteiger partial charge in [-0.15, -0.1) is 0 Å². The van der Waals surface area contributed by atoms with Gasteiger partial charge in [0.15, 0.2) is 0 Å². The van der Waals surface area contributed by atoms with Crippen molar-refractivity contribution in [2.24, 2.45) is 0 Å². The van der Waals surface area contributed by atoms with E-state index in [0.717, 1.165) is 56.0 Å². The van der Waals surface area contributed by atoms with Gasteiger partial charge in [-0.3, -0.25) is 0 Å². The molecular formula is C78H52N2. The predicted molar refractivity (Wildman–Crippen MR) is 339 cm³/mol. The van der Waals surface area contributed by atoms with E-state index in [1.54, 1.807) is 0 Å². The van der Waals surface area contributed by atoms with Crippen LogP contribution in [0.25, 0.3) is 144 Å². The summed E-state index contributed by atoms with van der Waals surface area (Å²) in [6, 6.07) is 116. The quantitative estimate of drug-likeness (QED) is 0.121. The van der Waals surface area contributed by atoms with Crippen molar-refractivity contribution in [3.05, 3.63) is 315 Å². The molecule has 2 nitrogen and oxygen atoms in total. The van der Waals surface area contributed by atoms with Gasteiger partial charge in [-0.1, -0.05) is 267 Å². The predicted octanol–water partition coefficient (Wildman–Crippen LogP) is 21.2. The third-order valence-electron chi connectivity index (χ3n) is 16.1. The van der Waals surface area contributed by atoms with Gasteiger partial charge in [0.2, 0.25) is 0 Å². The molecule has 0 spiro atoms. The lowest BCUT2D eigenvalue weighted by Gasteiger charge is -2.20. The molecule has 0 unspecified atom stereocenters. The summed E-state index contributed by atoms with van der Waals surface area (Å²) < 4.78 is 5.04. The molecule has 0 saturated heterocycles. The Morgan fingerprint density at radius 1 is 0.163 bits per heavy atom. The number of fused-ring (bicyclic) bond motifs is 4. The van der Waals surface area contributed by atoms with Crippen molar-refractivity contribution in [1.29, 1.82) is 0 Å². The van der Waals surface area contributed by atoms with Gasteiger partial charge in [-0.2, -0.15) is 0 Å². The SMILES string of the molecule is c1ccc(-c2ccc(-n3c(-c4ccccc4)c(-c4ccccc4)c4cc5c(-c6ccccc6)c6cc7c(cc6c(-c6ccccc6)c5cc43)c(-c3ccccc3)c(-c3ccccc3)n7-c3ccc(-c4ccccc4)cc3)cc2)cc1. The van der Waals surface area contributed by atoms with Crippen LogP contribution in [0.3, 0.4) is 0 Å². The highest BCUT2D eigenvalue weighted by atomic mass is 15.0. The summed E-state index contributed by atoms with van der Waals surface area (Å²) in [6.45, 7) is 0. The minimum absolute atomic E-state index is 1.10. The van der Waals surface area contributed by atoms with Crippen LogP contribution in [0.1, 0.15) is 0 Å². The first-order chi connectivity index (χ1) is 39.7. The molecule has 0 atom stereocenters. The Bertz CT molecular complexity index is 4400. The van der Waals surface area contributed by atoms with Crippen LogP contribution < -0.4 is 0 Å². The summed E-state index contributed by atoms with van der Waals surface area (Å²) in [6.07, 6.45) is 0. The molecule has 0 fully saturated rings. The maximum Gasteiger partial charge on any atom is 0.0619 e. The molecule has 15 aromatic rings. The van der Waals surface area contributed by atoms with Crippen molar-refractivity contribution < 1.29 is 0 Å². The smallest absolute Gasteiger partial charge is 0.0619 e. The molecule has 2 heteroatoms. The molecule has 15 rings (SSSR count). The summed E-state index contributed by atoms with van der Waals surface area (Å²) in [5.41, 5.74) is 23.3. The molecule has 13 aromatic carbocycles. The largest absolute Gasteiger partial charge is 0.309 e. The summed E-state index contributed by atoms with van der Waals surface area (Å²) in [5, 5.41) is 7.14. The van der Waals surface area contributed by atoms with Crippen molar-refractivity contribution >= 4 is 43.4 Å². The van der Waals surface area contributed by atoms with Crippen LogP contribution in [-0.4, -0.2) is 9.13 Å². The van der Waals surface area contributed by atoms with E-state index in [9.17, 15) is 0 Å². The number of hydrogen-bond acceptors (Lipinski definition) is 0. The molecule has 2 heterocycles. The Kier molecular flexibility index (Phi) is 11.6. The number of rotatable bonds is 10. The normalized spacial score (nSPS) is 11.5. The molecule has 80 heavy (non-hydrogen) atoms. The van der Waals surface area contributed by atoms with Gasteiger partial charge in [0.05, 0.1) is 22.4 Å². The van der Waals surface area contributed by atoms with E-state index in [1.807, 2.05) is 0 Å². The zero-order valence-electron chi connectivity index (χ0n) is 43.9. The maximum atomic E-state index is 2.53. The lowest BCUT2D eigenvalue weighted by molar-refractivity contribution is 1.14. The van der Waals surface area contributed by atoms with Crippen LogP contribution in [0.2, 0.25) is 0 Å². The van der Waals surface area contributed by atoms with Gasteiger partial charge < -0.3 is 9.13 Å². The highest BCUT2D eigenvalue weighted by Crippen LogP contribution is 2.52. The number of benzene rings is 13. The maximum absolute atomic E-state index is 2.53. The van der Waals surface area contributed by atoms with Crippen LogP contribution >= 0.6 is 0 Å². The molecule has 0 radical (unpaired) electrons. The first-order valence-corrected chi connectivity index (χ1v) is 27.6. The van der Waals surface area contributed by atoms with Crippen molar-refractivity contribution in [3.63, 3.8) is 0 Å². The van der Waals surface area contributed by atoms with Crippen LogP contribution in [0.4, 0.5) is 0 Å². The molecule has 0 amide bonds. The number of nitrogens with zero attached hydrogens (tertiary/aromatic N) is 2. The van der Waals surface area contributed by atoms with Gasteiger partial charge in [0.25, 0.3) is 0 Å². The average molecular weight is 1020 g/mol. The summed E-state index contributed by atoms with van der Waals surface area (Å²) in [5.74, 6) is 0. The molecule has 0 aliphatic rings. The monoisotopic (exact) mass is 1020 g/mol. The fourth-order valence-corrected chi connectivity index (χ4v) is 12.6. The zero-order chi connectivity index (χ0) is 52.9. The Morgan fingerprint density at radius 2 is 0.388 bits per heavy atom. The minimum atomic E-state index is 1.10. The highest BCUT2D eigenvalue weighted by molar-refractivity contribution is 6.27. The van der Waals surface area contributed by atoms with Crippen LogP contribution in [0.15, 0.2) is 315 Å². The topological polar surface area (TPSA) is 9.86 Å². The Hall–Kier alpha value is -10.5. The first-order valence-electron chi connectivity index (χ1n) is 27.6. The minimum Gasteiger partial charge on any atom is -0.309 e. The van der Waals surface area contributed by atoms with Crippen LogP contribution in [-0.2, 0) is 0 Å². The lowest BCUT2D eigenvalue weighted by Crippen LogP contribution is -1.99. The second-order valence-corrected chi connectivity index (χ2v) is 20.7. The second kappa shape index (κ2) is 19.8. The van der Waals surface area contributed by atoms with E-state index in [1.165, 1.54) is 88.0 Å². The van der Waals surface area contributed by atoms with E-state index in [2.05, 4.69) is 325 Å². The van der Waals surface area contributed by atoms with Crippen molar-refractivity contribution in [2.45, 2.75) is 0 Å². The van der Waals surface area contributed by atoms with Crippen LogP contribution in [0.5, 0.6) is 0 Å². The molecule has 0 aliphatic heterocycles. The van der Waals surface area contributed by atoms with Crippen molar-refractivity contribution in [3.8, 4) is 101 Å². The molecule has 0 N–H and O–H groups in total. The van der Waals surface area contributed by atoms with Crippen molar-refractivity contribution in [2.75, 3.05) is 0 Å². The average Bonchev–Trinajstić information content (AvgIpc) is 4.23. The highest BCUT2D eigenvalue weighted by Gasteiger charge is 2.28. The van der Waals surface area contributed by atoms with Crippen LogP contribution in [0, 0.1) is 0 Å². The van der Waals surface area contributed by atoms with Gasteiger partial charge in [-0.25, -0.2) is 0 Å². The third kappa shape index (κ3) is 7.96. The van der Waals surface area contributed by atoms with Gasteiger partial charge in [0, 0.05) is 33.3 Å². The van der Waals surface area contributed by atoms with E-state index in [-0.39, 0.29) is 0 Å². The molecule has 374 valence electrons. The van der Waals surface area contributed by atoms with E-state index < -0.39 is 0 Å². The third-order valence-corrected chi connectivity index (χ3v) is 16.1. The standard InChI is InChI=1S/C78H52N2/c1-9-25-53(26-10-1)55-41-45-63(46-42-55)79-71-51-67-65(49-69(71)75(59-33-17-5-18-34-59)77(79)61-37-21-7-22-38-61)74(58-31-15-4-16-32-58)68-52-72-70(50-66(68)73(67)57-29-13-3-14-30-57)76(60-35-19-6-20-36-60)78(62-39-23-8-24-40-62)80(72)64-47-43-56(44-48-64)54-27-11-2-12-28-54/h1-52H. The molecule has 0 bridgehead atoms. The fourth-order valence-electron chi connectivity index (χ4n) is 12.6. The van der Waals surface area contributed by atoms with E-state index >= 15 is 0 Å². The Balaban J connectivity index is 1.13. The summed E-state index contributed by atoms with van der Waals surface area (Å²) >= 11 is 0. The summed E-state index contributed by atoms with van der Waals surface area (Å²) in [7, 11) is 0. The van der Waals surface area contributed by atoms with Gasteiger partial charge >= 0.3 is 0 Å². The van der Waals surface area contributed by atoms with Gasteiger partial charge in [-0.05, 0) is 137 Å². The number of aromatic nitrogens is 2. The second-order valence-electron chi connectivity index (χ2n) is 20.7. The lowest BCUT2D eigenvalue weighted by atomic mass is 9.84.